The Morgan fingerprint density at radius 3 is 2.73 bits per heavy atom. The Hall–Kier alpha value is -1.72. The normalized spacial score (nSPS) is 16.0. The lowest BCUT2D eigenvalue weighted by Crippen LogP contribution is -2.40. The number of piperidine rings is 1. The molecule has 0 aliphatic carbocycles. The van der Waals surface area contributed by atoms with Crippen molar-refractivity contribution in [2.75, 3.05) is 19.7 Å². The van der Waals surface area contributed by atoms with Crippen molar-refractivity contribution >= 4 is 17.2 Å². The molecule has 0 N–H and O–H groups in total. The number of carbonyl (C=O) groups excluding carboxylic acids is 1. The van der Waals surface area contributed by atoms with Gasteiger partial charge < -0.3 is 9.64 Å². The zero-order chi connectivity index (χ0) is 15.4. The number of carbonyl (C=O) groups is 1. The number of rotatable bonds is 4. The quantitative estimate of drug-likeness (QED) is 0.867. The van der Waals surface area contributed by atoms with Crippen molar-refractivity contribution < 1.29 is 9.53 Å². The Labute approximate surface area is 134 Å². The van der Waals surface area contributed by atoms with Crippen LogP contribution in [0.3, 0.4) is 0 Å². The number of hydrogen-bond donors (Lipinski definition) is 0. The van der Waals surface area contributed by atoms with Crippen molar-refractivity contribution in [2.45, 2.75) is 25.9 Å². The van der Waals surface area contributed by atoms with Crippen LogP contribution in [-0.4, -0.2) is 41.6 Å². The Morgan fingerprint density at radius 1 is 1.32 bits per heavy atom. The van der Waals surface area contributed by atoms with E-state index in [4.69, 9.17) is 4.74 Å². The van der Waals surface area contributed by atoms with Gasteiger partial charge in [-0.05, 0) is 19.8 Å². The molecule has 2 aromatic rings. The molecule has 116 valence electrons. The van der Waals surface area contributed by atoms with Gasteiger partial charge in [0.2, 0.25) is 0 Å². The summed E-state index contributed by atoms with van der Waals surface area (Å²) in [6.07, 6.45) is 3.84. The molecule has 0 atom stereocenters. The van der Waals surface area contributed by atoms with Crippen LogP contribution in [0.15, 0.2) is 36.5 Å². The van der Waals surface area contributed by atoms with Gasteiger partial charge in [0.25, 0.3) is 5.91 Å². The Bertz CT molecular complexity index is 619. The van der Waals surface area contributed by atoms with Gasteiger partial charge in [0, 0.05) is 25.3 Å². The second kappa shape index (κ2) is 7.03. The number of likely N-dealkylation sites (tertiary alicyclic amines) is 1. The molecule has 5 heteroatoms. The lowest BCUT2D eigenvalue weighted by atomic mass is 10.1. The van der Waals surface area contributed by atoms with Crippen LogP contribution in [0.2, 0.25) is 0 Å². The topological polar surface area (TPSA) is 42.4 Å². The Balaban J connectivity index is 1.65. The van der Waals surface area contributed by atoms with Crippen LogP contribution >= 0.6 is 11.3 Å². The maximum absolute atomic E-state index is 12.6. The van der Waals surface area contributed by atoms with Crippen LogP contribution in [0, 0.1) is 0 Å². The van der Waals surface area contributed by atoms with Gasteiger partial charge in [-0.25, -0.2) is 4.98 Å². The van der Waals surface area contributed by atoms with E-state index in [9.17, 15) is 4.79 Å². The van der Waals surface area contributed by atoms with Crippen LogP contribution in [0.25, 0.3) is 10.6 Å². The number of hydrogen-bond acceptors (Lipinski definition) is 4. The van der Waals surface area contributed by atoms with E-state index in [0.29, 0.717) is 11.0 Å². The molecule has 0 radical (unpaired) electrons. The summed E-state index contributed by atoms with van der Waals surface area (Å²) in [4.78, 5) is 19.6. The molecular weight excluding hydrogens is 296 g/mol. The van der Waals surface area contributed by atoms with Crippen LogP contribution in [0.4, 0.5) is 0 Å². The fourth-order valence-electron chi connectivity index (χ4n) is 2.70. The monoisotopic (exact) mass is 316 g/mol. The first-order valence-corrected chi connectivity index (χ1v) is 8.51. The highest BCUT2D eigenvalue weighted by molar-refractivity contribution is 7.16. The highest BCUT2D eigenvalue weighted by Gasteiger charge is 2.25. The maximum Gasteiger partial charge on any atom is 0.265 e. The van der Waals surface area contributed by atoms with E-state index >= 15 is 0 Å². The Morgan fingerprint density at radius 2 is 2.05 bits per heavy atom. The van der Waals surface area contributed by atoms with Crippen molar-refractivity contribution in [1.82, 2.24) is 9.88 Å². The molecule has 1 fully saturated rings. The molecule has 1 saturated heterocycles. The summed E-state index contributed by atoms with van der Waals surface area (Å²) < 4.78 is 5.63. The molecule has 1 amide bonds. The molecule has 22 heavy (non-hydrogen) atoms. The third kappa shape index (κ3) is 3.36. The van der Waals surface area contributed by atoms with Crippen LogP contribution < -0.4 is 0 Å². The summed E-state index contributed by atoms with van der Waals surface area (Å²) in [5, 5.41) is 0.896. The maximum atomic E-state index is 12.6. The number of amides is 1. The summed E-state index contributed by atoms with van der Waals surface area (Å²) in [7, 11) is 0. The van der Waals surface area contributed by atoms with E-state index < -0.39 is 0 Å². The largest absolute Gasteiger partial charge is 0.378 e. The number of ether oxygens (including phenoxy) is 1. The number of thiazole rings is 1. The average Bonchev–Trinajstić information content (AvgIpc) is 3.06. The molecule has 1 aromatic carbocycles. The average molecular weight is 316 g/mol. The van der Waals surface area contributed by atoms with E-state index in [1.807, 2.05) is 42.2 Å². The number of aromatic nitrogens is 1. The smallest absolute Gasteiger partial charge is 0.265 e. The first-order chi connectivity index (χ1) is 10.8. The highest BCUT2D eigenvalue weighted by atomic mass is 32.1. The summed E-state index contributed by atoms with van der Waals surface area (Å²) in [5.74, 6) is 0.0922. The van der Waals surface area contributed by atoms with Crippen molar-refractivity contribution in [1.29, 1.82) is 0 Å². The van der Waals surface area contributed by atoms with Gasteiger partial charge in [-0.15, -0.1) is 11.3 Å². The van der Waals surface area contributed by atoms with Gasteiger partial charge in [0.1, 0.15) is 9.88 Å². The second-order valence-electron chi connectivity index (χ2n) is 5.34. The molecule has 4 nitrogen and oxygen atoms in total. The lowest BCUT2D eigenvalue weighted by Gasteiger charge is -2.31. The van der Waals surface area contributed by atoms with Gasteiger partial charge >= 0.3 is 0 Å². The first kappa shape index (κ1) is 15.2. The zero-order valence-electron chi connectivity index (χ0n) is 12.7. The lowest BCUT2D eigenvalue weighted by molar-refractivity contribution is 0.0147. The van der Waals surface area contributed by atoms with Crippen LogP contribution in [0.1, 0.15) is 29.4 Å². The first-order valence-electron chi connectivity index (χ1n) is 7.70. The molecule has 0 bridgehead atoms. The molecule has 0 unspecified atom stereocenters. The van der Waals surface area contributed by atoms with Gasteiger partial charge in [-0.1, -0.05) is 30.3 Å². The van der Waals surface area contributed by atoms with Crippen LogP contribution in [0.5, 0.6) is 0 Å². The zero-order valence-corrected chi connectivity index (χ0v) is 13.5. The molecule has 0 saturated carbocycles. The minimum atomic E-state index is 0.0922. The Kier molecular flexibility index (Phi) is 4.85. The summed E-state index contributed by atoms with van der Waals surface area (Å²) in [6, 6.07) is 9.97. The molecule has 1 aliphatic rings. The van der Waals surface area contributed by atoms with Gasteiger partial charge in [-0.3, -0.25) is 4.79 Å². The van der Waals surface area contributed by atoms with E-state index in [1.165, 1.54) is 11.3 Å². The molecule has 3 rings (SSSR count). The SMILES string of the molecule is CCOC1CCN(C(=O)c2cnc(-c3ccccc3)s2)CC1. The number of nitrogens with zero attached hydrogens (tertiary/aromatic N) is 2. The van der Waals surface area contributed by atoms with Crippen molar-refractivity contribution in [3.8, 4) is 10.6 Å². The van der Waals surface area contributed by atoms with E-state index in [-0.39, 0.29) is 5.91 Å². The number of benzene rings is 1. The van der Waals surface area contributed by atoms with Crippen molar-refractivity contribution in [3.63, 3.8) is 0 Å². The molecule has 0 spiro atoms. The van der Waals surface area contributed by atoms with E-state index in [1.54, 1.807) is 6.20 Å². The van der Waals surface area contributed by atoms with Gasteiger partial charge in [0.05, 0.1) is 12.3 Å². The molecule has 2 heterocycles. The minimum Gasteiger partial charge on any atom is -0.378 e. The standard InChI is InChI=1S/C17H20N2O2S/c1-2-21-14-8-10-19(11-9-14)17(20)15-12-18-16(22-15)13-6-4-3-5-7-13/h3-7,12,14H,2,8-11H2,1H3. The molecular formula is C17H20N2O2S. The predicted octanol–water partition coefficient (Wildman–Crippen LogP) is 3.45. The van der Waals surface area contributed by atoms with Gasteiger partial charge in [-0.2, -0.15) is 0 Å². The van der Waals surface area contributed by atoms with E-state index in [2.05, 4.69) is 4.98 Å². The third-order valence-electron chi connectivity index (χ3n) is 3.87. The summed E-state index contributed by atoms with van der Waals surface area (Å²) in [5.41, 5.74) is 1.06. The molecule has 1 aromatic heterocycles. The highest BCUT2D eigenvalue weighted by Crippen LogP contribution is 2.26. The van der Waals surface area contributed by atoms with Gasteiger partial charge in [0.15, 0.2) is 0 Å². The summed E-state index contributed by atoms with van der Waals surface area (Å²) >= 11 is 1.47. The third-order valence-corrected chi connectivity index (χ3v) is 4.90. The predicted molar refractivity (Wildman–Crippen MR) is 88.1 cm³/mol. The van der Waals surface area contributed by atoms with E-state index in [0.717, 1.165) is 43.1 Å². The molecule has 1 aliphatic heterocycles. The van der Waals surface area contributed by atoms with Crippen LogP contribution in [-0.2, 0) is 4.74 Å². The van der Waals surface area contributed by atoms with Crippen molar-refractivity contribution in [3.05, 3.63) is 41.4 Å². The minimum absolute atomic E-state index is 0.0922. The van der Waals surface area contributed by atoms with Crippen molar-refractivity contribution in [2.24, 2.45) is 0 Å². The summed E-state index contributed by atoms with van der Waals surface area (Å²) in [6.45, 7) is 4.29. The fourth-order valence-corrected chi connectivity index (χ4v) is 3.59. The second-order valence-corrected chi connectivity index (χ2v) is 6.37. The fraction of sp³-hybridized carbons (Fsp3) is 0.412.